The monoisotopic (exact) mass is 263 g/mol. The molecule has 1 unspecified atom stereocenters. The minimum absolute atomic E-state index is 0.173. The SMILES string of the molecule is CN1CCCC1C(=O)SCCCc1ccccc1. The first-order valence-electron chi connectivity index (χ1n) is 6.68. The average Bonchev–Trinajstić information content (AvgIpc) is 2.82. The molecule has 0 bridgehead atoms. The summed E-state index contributed by atoms with van der Waals surface area (Å²) in [4.78, 5) is 14.2. The van der Waals surface area contributed by atoms with Gasteiger partial charge in [0, 0.05) is 5.75 Å². The molecule has 1 atom stereocenters. The molecule has 1 aliphatic heterocycles. The Morgan fingerprint density at radius 2 is 2.17 bits per heavy atom. The second-order valence-corrected chi connectivity index (χ2v) is 5.99. The normalized spacial score (nSPS) is 20.2. The summed E-state index contributed by atoms with van der Waals surface area (Å²) in [5.74, 6) is 0.943. The maximum absolute atomic E-state index is 12.0. The Morgan fingerprint density at radius 3 is 2.83 bits per heavy atom. The molecule has 0 radical (unpaired) electrons. The predicted octanol–water partition coefficient (Wildman–Crippen LogP) is 2.97. The molecule has 0 aliphatic carbocycles. The molecule has 1 aromatic rings. The van der Waals surface area contributed by atoms with Gasteiger partial charge in [0.25, 0.3) is 0 Å². The molecule has 98 valence electrons. The van der Waals surface area contributed by atoms with Crippen molar-refractivity contribution in [2.75, 3.05) is 19.3 Å². The van der Waals surface area contributed by atoms with Gasteiger partial charge in [-0.3, -0.25) is 9.69 Å². The number of likely N-dealkylation sites (N-methyl/N-ethyl adjacent to an activating group) is 1. The van der Waals surface area contributed by atoms with Crippen molar-refractivity contribution in [2.24, 2.45) is 0 Å². The zero-order valence-corrected chi connectivity index (χ0v) is 11.8. The molecule has 1 aromatic carbocycles. The van der Waals surface area contributed by atoms with Crippen LogP contribution in [0.15, 0.2) is 30.3 Å². The molecule has 1 fully saturated rings. The smallest absolute Gasteiger partial charge is 0.206 e. The third-order valence-electron chi connectivity index (χ3n) is 3.49. The van der Waals surface area contributed by atoms with Crippen molar-refractivity contribution in [3.8, 4) is 0 Å². The van der Waals surface area contributed by atoms with E-state index in [1.54, 1.807) is 0 Å². The maximum atomic E-state index is 12.0. The molecule has 1 heterocycles. The minimum atomic E-state index is 0.173. The molecule has 0 spiro atoms. The number of thioether (sulfide) groups is 1. The molecule has 1 aliphatic rings. The maximum Gasteiger partial charge on any atom is 0.206 e. The van der Waals surface area contributed by atoms with E-state index in [-0.39, 0.29) is 6.04 Å². The van der Waals surface area contributed by atoms with E-state index in [1.165, 1.54) is 17.3 Å². The van der Waals surface area contributed by atoms with Gasteiger partial charge >= 0.3 is 0 Å². The Kier molecular flexibility index (Phi) is 5.26. The van der Waals surface area contributed by atoms with Crippen LogP contribution in [0.2, 0.25) is 0 Å². The number of benzene rings is 1. The fourth-order valence-electron chi connectivity index (χ4n) is 2.40. The second kappa shape index (κ2) is 6.95. The first kappa shape index (κ1) is 13.6. The van der Waals surface area contributed by atoms with Crippen LogP contribution in [0.4, 0.5) is 0 Å². The van der Waals surface area contributed by atoms with Crippen molar-refractivity contribution >= 4 is 16.9 Å². The summed E-state index contributed by atoms with van der Waals surface area (Å²) in [6, 6.07) is 10.7. The second-order valence-electron chi connectivity index (χ2n) is 4.90. The largest absolute Gasteiger partial charge is 0.296 e. The van der Waals surface area contributed by atoms with Crippen molar-refractivity contribution in [3.05, 3.63) is 35.9 Å². The highest BCUT2D eigenvalue weighted by Gasteiger charge is 2.27. The number of carbonyl (C=O) groups excluding carboxylic acids is 1. The molecule has 0 aromatic heterocycles. The summed E-state index contributed by atoms with van der Waals surface area (Å²) in [5, 5.41) is 0.364. The Labute approximate surface area is 114 Å². The van der Waals surface area contributed by atoms with E-state index in [0.717, 1.165) is 38.0 Å². The van der Waals surface area contributed by atoms with Gasteiger partial charge in [-0.05, 0) is 44.8 Å². The number of aryl methyl sites for hydroxylation is 1. The van der Waals surface area contributed by atoms with Crippen LogP contribution in [-0.4, -0.2) is 35.4 Å². The van der Waals surface area contributed by atoms with E-state index in [1.807, 2.05) is 6.07 Å². The number of carbonyl (C=O) groups is 1. The number of rotatable bonds is 5. The van der Waals surface area contributed by atoms with Gasteiger partial charge in [-0.2, -0.15) is 0 Å². The number of hydrogen-bond acceptors (Lipinski definition) is 3. The van der Waals surface area contributed by atoms with Crippen LogP contribution >= 0.6 is 11.8 Å². The van der Waals surface area contributed by atoms with Crippen LogP contribution in [0.1, 0.15) is 24.8 Å². The lowest BCUT2D eigenvalue weighted by Gasteiger charge is -2.17. The molecule has 2 nitrogen and oxygen atoms in total. The van der Waals surface area contributed by atoms with Gasteiger partial charge in [-0.25, -0.2) is 0 Å². The van der Waals surface area contributed by atoms with E-state index in [0.29, 0.717) is 5.12 Å². The molecule has 18 heavy (non-hydrogen) atoms. The highest BCUT2D eigenvalue weighted by Crippen LogP contribution is 2.21. The van der Waals surface area contributed by atoms with E-state index < -0.39 is 0 Å². The summed E-state index contributed by atoms with van der Waals surface area (Å²) in [7, 11) is 2.06. The highest BCUT2D eigenvalue weighted by atomic mass is 32.2. The molecule has 0 amide bonds. The lowest BCUT2D eigenvalue weighted by molar-refractivity contribution is -0.114. The van der Waals surface area contributed by atoms with Gasteiger partial charge < -0.3 is 0 Å². The van der Waals surface area contributed by atoms with Crippen LogP contribution in [0.5, 0.6) is 0 Å². The molecule has 1 saturated heterocycles. The third kappa shape index (κ3) is 3.85. The van der Waals surface area contributed by atoms with Crippen molar-refractivity contribution in [3.63, 3.8) is 0 Å². The van der Waals surface area contributed by atoms with Crippen LogP contribution in [0.25, 0.3) is 0 Å². The van der Waals surface area contributed by atoms with Crippen molar-refractivity contribution in [1.82, 2.24) is 4.90 Å². The van der Waals surface area contributed by atoms with Crippen LogP contribution in [-0.2, 0) is 11.2 Å². The topological polar surface area (TPSA) is 20.3 Å². The summed E-state index contributed by atoms with van der Waals surface area (Å²) >= 11 is 1.52. The predicted molar refractivity (Wildman–Crippen MR) is 77.9 cm³/mol. The first-order valence-corrected chi connectivity index (χ1v) is 7.67. The zero-order chi connectivity index (χ0) is 12.8. The molecule has 0 N–H and O–H groups in total. The number of nitrogens with zero attached hydrogens (tertiary/aromatic N) is 1. The van der Waals surface area contributed by atoms with E-state index >= 15 is 0 Å². The van der Waals surface area contributed by atoms with Gasteiger partial charge in [-0.15, -0.1) is 0 Å². The number of hydrogen-bond donors (Lipinski definition) is 0. The molecule has 3 heteroatoms. The molecule has 2 rings (SSSR count). The molecule has 0 saturated carbocycles. The summed E-state index contributed by atoms with van der Waals surface area (Å²) < 4.78 is 0. The summed E-state index contributed by atoms with van der Waals surface area (Å²) in [6.45, 7) is 1.07. The fraction of sp³-hybridized carbons (Fsp3) is 0.533. The fourth-order valence-corrected chi connectivity index (χ4v) is 3.38. The third-order valence-corrected chi connectivity index (χ3v) is 4.54. The Hall–Kier alpha value is -0.800. The van der Waals surface area contributed by atoms with E-state index in [9.17, 15) is 4.79 Å². The molecular formula is C15H21NOS. The average molecular weight is 263 g/mol. The van der Waals surface area contributed by atoms with Crippen LogP contribution in [0.3, 0.4) is 0 Å². The number of likely N-dealkylation sites (tertiary alicyclic amines) is 1. The first-order chi connectivity index (χ1) is 8.77. The standard InChI is InChI=1S/C15H21NOS/c1-16-11-5-10-14(16)15(17)18-12-6-9-13-7-3-2-4-8-13/h2-4,7-8,14H,5-6,9-12H2,1H3. The zero-order valence-electron chi connectivity index (χ0n) is 11.0. The summed E-state index contributed by atoms with van der Waals surface area (Å²) in [5.41, 5.74) is 1.36. The summed E-state index contributed by atoms with van der Waals surface area (Å²) in [6.07, 6.45) is 4.36. The van der Waals surface area contributed by atoms with Crippen LogP contribution in [0, 0.1) is 0 Å². The lowest BCUT2D eigenvalue weighted by Crippen LogP contribution is -2.31. The van der Waals surface area contributed by atoms with Gasteiger partial charge in [0.05, 0.1) is 6.04 Å². The van der Waals surface area contributed by atoms with Gasteiger partial charge in [0.15, 0.2) is 0 Å². The van der Waals surface area contributed by atoms with Crippen LogP contribution < -0.4 is 0 Å². The Bertz CT molecular complexity index is 379. The Balaban J connectivity index is 1.65. The minimum Gasteiger partial charge on any atom is -0.296 e. The van der Waals surface area contributed by atoms with Gasteiger partial charge in [0.2, 0.25) is 5.12 Å². The van der Waals surface area contributed by atoms with Crippen molar-refractivity contribution < 1.29 is 4.79 Å². The van der Waals surface area contributed by atoms with E-state index in [2.05, 4.69) is 36.2 Å². The quantitative estimate of drug-likeness (QED) is 0.762. The van der Waals surface area contributed by atoms with Crippen molar-refractivity contribution in [2.45, 2.75) is 31.7 Å². The van der Waals surface area contributed by atoms with E-state index in [4.69, 9.17) is 0 Å². The highest BCUT2D eigenvalue weighted by molar-refractivity contribution is 8.13. The van der Waals surface area contributed by atoms with Gasteiger partial charge in [0.1, 0.15) is 0 Å². The molecular weight excluding hydrogens is 242 g/mol. The lowest BCUT2D eigenvalue weighted by atomic mass is 10.1. The van der Waals surface area contributed by atoms with Crippen molar-refractivity contribution in [1.29, 1.82) is 0 Å². The Morgan fingerprint density at radius 1 is 1.39 bits per heavy atom. The van der Waals surface area contributed by atoms with Gasteiger partial charge in [-0.1, -0.05) is 42.1 Å².